The van der Waals surface area contributed by atoms with Crippen molar-refractivity contribution in [2.24, 2.45) is 5.92 Å². The first kappa shape index (κ1) is 15.5. The average Bonchev–Trinajstić information content (AvgIpc) is 3.07. The zero-order chi connectivity index (χ0) is 16.2. The average molecular weight is 326 g/mol. The standard InChI is InChI=1S/C18H22N4O2/c1-2-14(10-19-5-1)12-23-13-15-3-4-16-18(15)24-9-8-22(16)17-11-20-6-7-21-17/h1-2,5-7,10-11,15-16,18H,3-4,8-9,12-13H2. The van der Waals surface area contributed by atoms with E-state index >= 15 is 0 Å². The van der Waals surface area contributed by atoms with Crippen molar-refractivity contribution in [3.05, 3.63) is 48.7 Å². The van der Waals surface area contributed by atoms with Gasteiger partial charge in [0.25, 0.3) is 0 Å². The lowest BCUT2D eigenvalue weighted by Crippen LogP contribution is -2.51. The van der Waals surface area contributed by atoms with Gasteiger partial charge in [-0.1, -0.05) is 6.07 Å². The number of rotatable bonds is 5. The second-order valence-corrected chi connectivity index (χ2v) is 6.37. The lowest BCUT2D eigenvalue weighted by Gasteiger charge is -2.39. The minimum absolute atomic E-state index is 0.217. The molecule has 2 aliphatic rings. The number of fused-ring (bicyclic) bond motifs is 1. The van der Waals surface area contributed by atoms with Gasteiger partial charge in [0.05, 0.1) is 38.2 Å². The van der Waals surface area contributed by atoms with Crippen LogP contribution < -0.4 is 4.90 Å². The summed E-state index contributed by atoms with van der Waals surface area (Å²) >= 11 is 0. The summed E-state index contributed by atoms with van der Waals surface area (Å²) in [5.74, 6) is 1.39. The van der Waals surface area contributed by atoms with E-state index in [9.17, 15) is 0 Å². The first-order valence-corrected chi connectivity index (χ1v) is 8.53. The Morgan fingerprint density at radius 2 is 2.12 bits per heavy atom. The predicted octanol–water partition coefficient (Wildman–Crippen LogP) is 2.07. The molecular formula is C18H22N4O2. The van der Waals surface area contributed by atoms with E-state index in [0.29, 0.717) is 18.6 Å². The van der Waals surface area contributed by atoms with Crippen molar-refractivity contribution in [3.63, 3.8) is 0 Å². The molecule has 126 valence electrons. The quantitative estimate of drug-likeness (QED) is 0.838. The number of hydrogen-bond donors (Lipinski definition) is 0. The van der Waals surface area contributed by atoms with Gasteiger partial charge in [-0.25, -0.2) is 4.98 Å². The highest BCUT2D eigenvalue weighted by Crippen LogP contribution is 2.36. The van der Waals surface area contributed by atoms with Crippen LogP contribution in [0.4, 0.5) is 5.82 Å². The van der Waals surface area contributed by atoms with E-state index in [0.717, 1.165) is 44.0 Å². The van der Waals surface area contributed by atoms with Crippen LogP contribution >= 0.6 is 0 Å². The zero-order valence-electron chi connectivity index (χ0n) is 13.6. The second-order valence-electron chi connectivity index (χ2n) is 6.37. The van der Waals surface area contributed by atoms with Gasteiger partial charge in [-0.05, 0) is 24.5 Å². The van der Waals surface area contributed by atoms with Crippen LogP contribution in [0, 0.1) is 5.92 Å². The minimum Gasteiger partial charge on any atom is -0.376 e. The van der Waals surface area contributed by atoms with Crippen LogP contribution in [0.1, 0.15) is 18.4 Å². The highest BCUT2D eigenvalue weighted by atomic mass is 16.5. The van der Waals surface area contributed by atoms with Crippen molar-refractivity contribution in [3.8, 4) is 0 Å². The Kier molecular flexibility index (Phi) is 4.66. The number of aromatic nitrogens is 3. The molecule has 3 unspecified atom stereocenters. The summed E-state index contributed by atoms with van der Waals surface area (Å²) in [6.45, 7) is 2.94. The Labute approximate surface area is 141 Å². The SMILES string of the molecule is c1cncc(COCC2CCC3C2OCCN3c2cnccn2)c1. The molecule has 4 rings (SSSR count). The second kappa shape index (κ2) is 7.23. The molecule has 2 fully saturated rings. The van der Waals surface area contributed by atoms with Crippen LogP contribution in [-0.2, 0) is 16.1 Å². The molecule has 24 heavy (non-hydrogen) atoms. The van der Waals surface area contributed by atoms with Crippen molar-refractivity contribution < 1.29 is 9.47 Å². The summed E-state index contributed by atoms with van der Waals surface area (Å²) in [5, 5.41) is 0. The third kappa shape index (κ3) is 3.25. The highest BCUT2D eigenvalue weighted by Gasteiger charge is 2.43. The third-order valence-electron chi connectivity index (χ3n) is 4.89. The fourth-order valence-electron chi connectivity index (χ4n) is 3.77. The van der Waals surface area contributed by atoms with E-state index in [4.69, 9.17) is 9.47 Å². The topological polar surface area (TPSA) is 60.4 Å². The molecule has 6 heteroatoms. The first-order chi connectivity index (χ1) is 11.9. The molecule has 1 saturated heterocycles. The van der Waals surface area contributed by atoms with Crippen molar-refractivity contribution in [1.82, 2.24) is 15.0 Å². The molecule has 0 spiro atoms. The molecule has 3 heterocycles. The largest absolute Gasteiger partial charge is 0.376 e. The van der Waals surface area contributed by atoms with Crippen LogP contribution in [0.5, 0.6) is 0 Å². The Morgan fingerprint density at radius 1 is 1.17 bits per heavy atom. The van der Waals surface area contributed by atoms with Gasteiger partial charge in [-0.15, -0.1) is 0 Å². The Hall–Kier alpha value is -2.05. The lowest BCUT2D eigenvalue weighted by molar-refractivity contribution is -0.0309. The number of morpholine rings is 1. The van der Waals surface area contributed by atoms with Crippen LogP contribution in [-0.4, -0.2) is 46.9 Å². The summed E-state index contributed by atoms with van der Waals surface area (Å²) in [7, 11) is 0. The molecule has 0 aromatic carbocycles. The van der Waals surface area contributed by atoms with Crippen LogP contribution in [0.2, 0.25) is 0 Å². The number of pyridine rings is 1. The molecule has 0 amide bonds. The fourth-order valence-corrected chi connectivity index (χ4v) is 3.77. The monoisotopic (exact) mass is 326 g/mol. The van der Waals surface area contributed by atoms with E-state index in [2.05, 4.69) is 19.9 Å². The highest BCUT2D eigenvalue weighted by molar-refractivity contribution is 5.38. The molecule has 2 aromatic rings. The van der Waals surface area contributed by atoms with Crippen molar-refractivity contribution in [2.45, 2.75) is 31.6 Å². The van der Waals surface area contributed by atoms with Gasteiger partial charge in [-0.2, -0.15) is 0 Å². The number of ether oxygens (including phenoxy) is 2. The lowest BCUT2D eigenvalue weighted by atomic mass is 10.0. The van der Waals surface area contributed by atoms with E-state index in [1.165, 1.54) is 0 Å². The summed E-state index contributed by atoms with van der Waals surface area (Å²) in [5.41, 5.74) is 1.11. The predicted molar refractivity (Wildman–Crippen MR) is 89.5 cm³/mol. The fraction of sp³-hybridized carbons (Fsp3) is 0.500. The molecule has 6 nitrogen and oxygen atoms in total. The first-order valence-electron chi connectivity index (χ1n) is 8.53. The molecule has 2 aromatic heterocycles. The maximum atomic E-state index is 6.09. The van der Waals surface area contributed by atoms with Crippen molar-refractivity contribution >= 4 is 5.82 Å². The summed E-state index contributed by atoms with van der Waals surface area (Å²) in [6.07, 6.45) is 11.4. The third-order valence-corrected chi connectivity index (χ3v) is 4.89. The minimum atomic E-state index is 0.217. The maximum Gasteiger partial charge on any atom is 0.147 e. The van der Waals surface area contributed by atoms with Gasteiger partial charge in [0, 0.05) is 37.3 Å². The molecule has 0 N–H and O–H groups in total. The van der Waals surface area contributed by atoms with Crippen LogP contribution in [0.25, 0.3) is 0 Å². The molecule has 1 aliphatic heterocycles. The summed E-state index contributed by atoms with van der Waals surface area (Å²) in [6, 6.07) is 4.35. The summed E-state index contributed by atoms with van der Waals surface area (Å²) in [4.78, 5) is 15.1. The number of nitrogens with zero attached hydrogens (tertiary/aromatic N) is 4. The van der Waals surface area contributed by atoms with E-state index in [1.807, 2.05) is 24.5 Å². The van der Waals surface area contributed by atoms with Gasteiger partial charge in [0.1, 0.15) is 5.82 Å². The Balaban J connectivity index is 1.36. The zero-order valence-corrected chi connectivity index (χ0v) is 13.6. The van der Waals surface area contributed by atoms with E-state index in [-0.39, 0.29) is 6.10 Å². The van der Waals surface area contributed by atoms with Gasteiger partial charge in [-0.3, -0.25) is 9.97 Å². The molecule has 3 atom stereocenters. The van der Waals surface area contributed by atoms with E-state index in [1.54, 1.807) is 18.6 Å². The van der Waals surface area contributed by atoms with Gasteiger partial charge in [0.2, 0.25) is 0 Å². The van der Waals surface area contributed by atoms with Crippen LogP contribution in [0.3, 0.4) is 0 Å². The Bertz CT molecular complexity index is 640. The van der Waals surface area contributed by atoms with Gasteiger partial charge in [0.15, 0.2) is 0 Å². The Morgan fingerprint density at radius 3 is 2.96 bits per heavy atom. The maximum absolute atomic E-state index is 6.09. The molecule has 0 bridgehead atoms. The smallest absolute Gasteiger partial charge is 0.147 e. The van der Waals surface area contributed by atoms with Gasteiger partial charge < -0.3 is 14.4 Å². The molecule has 1 aliphatic carbocycles. The van der Waals surface area contributed by atoms with Crippen molar-refractivity contribution in [2.75, 3.05) is 24.7 Å². The molecular weight excluding hydrogens is 304 g/mol. The normalized spacial score (nSPS) is 26.3. The van der Waals surface area contributed by atoms with Crippen LogP contribution in [0.15, 0.2) is 43.1 Å². The van der Waals surface area contributed by atoms with Crippen molar-refractivity contribution in [1.29, 1.82) is 0 Å². The van der Waals surface area contributed by atoms with Gasteiger partial charge >= 0.3 is 0 Å². The summed E-state index contributed by atoms with van der Waals surface area (Å²) < 4.78 is 12.0. The number of hydrogen-bond acceptors (Lipinski definition) is 6. The molecule has 1 saturated carbocycles. The molecule has 0 radical (unpaired) electrons. The van der Waals surface area contributed by atoms with E-state index < -0.39 is 0 Å². The number of anilines is 1.